The van der Waals surface area contributed by atoms with E-state index in [1.807, 2.05) is 44.2 Å². The first kappa shape index (κ1) is 28.4. The van der Waals surface area contributed by atoms with E-state index in [0.717, 1.165) is 5.56 Å². The van der Waals surface area contributed by atoms with E-state index in [2.05, 4.69) is 28.6 Å². The van der Waals surface area contributed by atoms with E-state index in [1.165, 1.54) is 11.9 Å². The van der Waals surface area contributed by atoms with Crippen molar-refractivity contribution in [1.82, 2.24) is 20.9 Å². The highest BCUT2D eigenvalue weighted by Crippen LogP contribution is 2.15. The van der Waals surface area contributed by atoms with Crippen LogP contribution in [0.1, 0.15) is 51.5 Å². The van der Waals surface area contributed by atoms with Crippen LogP contribution in [0.4, 0.5) is 0 Å². The van der Waals surface area contributed by atoms with Crippen LogP contribution in [-0.4, -0.2) is 65.4 Å². The van der Waals surface area contributed by atoms with Crippen molar-refractivity contribution in [2.75, 3.05) is 13.6 Å². The number of hydrogen-bond acceptors (Lipinski definition) is 6. The minimum absolute atomic E-state index is 0.115. The number of hydrogen-bond donors (Lipinski definition) is 4. The van der Waals surface area contributed by atoms with Crippen LogP contribution in [0.2, 0.25) is 0 Å². The average molecular weight is 505 g/mol. The number of benzene rings is 1. The Morgan fingerprint density at radius 1 is 0.943 bits per heavy atom. The van der Waals surface area contributed by atoms with E-state index in [4.69, 9.17) is 0 Å². The fourth-order valence-electron chi connectivity index (χ4n) is 3.92. The summed E-state index contributed by atoms with van der Waals surface area (Å²) in [5, 5.41) is 7.42. The van der Waals surface area contributed by atoms with Gasteiger partial charge in [-0.2, -0.15) is 12.6 Å². The second kappa shape index (κ2) is 13.9. The van der Waals surface area contributed by atoms with Crippen molar-refractivity contribution < 1.29 is 24.0 Å². The second-order valence-electron chi connectivity index (χ2n) is 9.15. The maximum absolute atomic E-state index is 13.1. The van der Waals surface area contributed by atoms with Gasteiger partial charge in [-0.05, 0) is 30.7 Å². The summed E-state index contributed by atoms with van der Waals surface area (Å²) >= 11 is 4.37. The molecule has 1 fully saturated rings. The quantitative estimate of drug-likeness (QED) is 0.238. The van der Waals surface area contributed by atoms with Crippen LogP contribution in [0.15, 0.2) is 30.3 Å². The Hall–Kier alpha value is -2.88. The van der Waals surface area contributed by atoms with Gasteiger partial charge in [0.05, 0.1) is 5.25 Å². The molecule has 10 heteroatoms. The van der Waals surface area contributed by atoms with Gasteiger partial charge in [0.2, 0.25) is 29.5 Å². The third-order valence-corrected chi connectivity index (χ3v) is 6.31. The average Bonchev–Trinajstić information content (AvgIpc) is 3.15. The summed E-state index contributed by atoms with van der Waals surface area (Å²) in [4.78, 5) is 63.0. The summed E-state index contributed by atoms with van der Waals surface area (Å²) in [6, 6.07) is 7.74. The molecule has 1 saturated heterocycles. The van der Waals surface area contributed by atoms with Gasteiger partial charge in [0.25, 0.3) is 0 Å². The SMILES string of the molecule is CNC(=O)[C@H](Cc1ccccc1)NC(=O)C(CC(C)C)NC(=O)C(S)CCCN1C(=O)CCC1=O. The van der Waals surface area contributed by atoms with E-state index >= 15 is 0 Å². The van der Waals surface area contributed by atoms with Gasteiger partial charge in [0.1, 0.15) is 12.1 Å². The molecule has 2 rings (SSSR count). The highest BCUT2D eigenvalue weighted by atomic mass is 32.1. The van der Waals surface area contributed by atoms with E-state index in [1.54, 1.807) is 0 Å². The summed E-state index contributed by atoms with van der Waals surface area (Å²) in [6.45, 7) is 4.13. The summed E-state index contributed by atoms with van der Waals surface area (Å²) < 4.78 is 0. The van der Waals surface area contributed by atoms with Crippen molar-refractivity contribution in [1.29, 1.82) is 0 Å². The van der Waals surface area contributed by atoms with Crippen LogP contribution in [-0.2, 0) is 30.4 Å². The number of nitrogens with zero attached hydrogens (tertiary/aromatic N) is 1. The van der Waals surface area contributed by atoms with E-state index in [-0.39, 0.29) is 43.0 Å². The van der Waals surface area contributed by atoms with Crippen LogP contribution in [0.3, 0.4) is 0 Å². The highest BCUT2D eigenvalue weighted by Gasteiger charge is 2.30. The maximum atomic E-state index is 13.1. The van der Waals surface area contributed by atoms with Crippen molar-refractivity contribution in [3.63, 3.8) is 0 Å². The van der Waals surface area contributed by atoms with Crippen molar-refractivity contribution in [2.24, 2.45) is 5.92 Å². The molecule has 0 spiro atoms. The predicted molar refractivity (Wildman–Crippen MR) is 135 cm³/mol. The summed E-state index contributed by atoms with van der Waals surface area (Å²) in [5.74, 6) is -1.44. The molecule has 1 aliphatic rings. The number of carbonyl (C=O) groups is 5. The fraction of sp³-hybridized carbons (Fsp3) is 0.560. The molecule has 1 aliphatic heterocycles. The number of imide groups is 1. The molecule has 0 bridgehead atoms. The molecule has 0 saturated carbocycles. The first-order valence-electron chi connectivity index (χ1n) is 12.0. The van der Waals surface area contributed by atoms with E-state index < -0.39 is 29.1 Å². The minimum atomic E-state index is -0.832. The molecule has 3 atom stereocenters. The third-order valence-electron chi connectivity index (χ3n) is 5.82. The summed E-state index contributed by atoms with van der Waals surface area (Å²) in [7, 11) is 1.51. The number of likely N-dealkylation sites (tertiary alicyclic amines) is 1. The van der Waals surface area contributed by atoms with E-state index in [9.17, 15) is 24.0 Å². The second-order valence-corrected chi connectivity index (χ2v) is 9.78. The summed E-state index contributed by atoms with van der Waals surface area (Å²) in [6.07, 6.45) is 1.96. The highest BCUT2D eigenvalue weighted by molar-refractivity contribution is 7.81. The zero-order valence-electron chi connectivity index (χ0n) is 20.6. The molecule has 1 aromatic carbocycles. The molecule has 5 amide bonds. The standard InChI is InChI=1S/C25H36N4O5S/c1-16(2)14-18(24(33)27-19(23(32)26-3)15-17-8-5-4-6-9-17)28-25(34)20(35)10-7-13-29-21(30)11-12-22(29)31/h4-6,8-9,16,18-20,35H,7,10-15H2,1-3H3,(H,26,32)(H,27,33)(H,28,34)/t18?,19-,20?/m0/s1. The largest absolute Gasteiger partial charge is 0.357 e. The molecule has 0 aliphatic carbocycles. The molecule has 1 heterocycles. The van der Waals surface area contributed by atoms with Gasteiger partial charge in [-0.15, -0.1) is 0 Å². The van der Waals surface area contributed by atoms with Crippen LogP contribution in [0, 0.1) is 5.92 Å². The normalized spacial score (nSPS) is 16.1. The molecule has 1 aromatic rings. The van der Waals surface area contributed by atoms with Gasteiger partial charge >= 0.3 is 0 Å². The molecular formula is C25H36N4O5S. The monoisotopic (exact) mass is 504 g/mol. The van der Waals surface area contributed by atoms with Crippen LogP contribution < -0.4 is 16.0 Å². The van der Waals surface area contributed by atoms with Crippen molar-refractivity contribution in [2.45, 2.75) is 69.7 Å². The maximum Gasteiger partial charge on any atom is 0.243 e. The lowest BCUT2D eigenvalue weighted by Crippen LogP contribution is -2.55. The van der Waals surface area contributed by atoms with Crippen LogP contribution >= 0.6 is 12.6 Å². The Balaban J connectivity index is 1.97. The zero-order valence-corrected chi connectivity index (χ0v) is 21.5. The number of likely N-dealkylation sites (N-methyl/N-ethyl adjacent to an activating group) is 1. The lowest BCUT2D eigenvalue weighted by molar-refractivity contribution is -0.138. The lowest BCUT2D eigenvalue weighted by Gasteiger charge is -2.25. The van der Waals surface area contributed by atoms with Gasteiger partial charge in [-0.1, -0.05) is 44.2 Å². The Morgan fingerprint density at radius 2 is 1.54 bits per heavy atom. The first-order chi connectivity index (χ1) is 16.6. The Labute approximate surface area is 212 Å². The Morgan fingerprint density at radius 3 is 2.11 bits per heavy atom. The Kier molecular flexibility index (Phi) is 11.2. The summed E-state index contributed by atoms with van der Waals surface area (Å²) in [5.41, 5.74) is 0.899. The molecule has 0 aromatic heterocycles. The topological polar surface area (TPSA) is 125 Å². The minimum Gasteiger partial charge on any atom is -0.357 e. The van der Waals surface area contributed by atoms with Crippen LogP contribution in [0.5, 0.6) is 0 Å². The molecule has 192 valence electrons. The number of rotatable bonds is 13. The predicted octanol–water partition coefficient (Wildman–Crippen LogP) is 1.22. The Bertz CT molecular complexity index is 892. The number of thiol groups is 1. The van der Waals surface area contributed by atoms with Crippen molar-refractivity contribution >= 4 is 42.2 Å². The fourth-order valence-corrected chi connectivity index (χ4v) is 4.18. The van der Waals surface area contributed by atoms with E-state index in [0.29, 0.717) is 25.7 Å². The molecular weight excluding hydrogens is 468 g/mol. The van der Waals surface area contributed by atoms with Crippen molar-refractivity contribution in [3.8, 4) is 0 Å². The van der Waals surface area contributed by atoms with Gasteiger partial charge in [-0.3, -0.25) is 28.9 Å². The smallest absolute Gasteiger partial charge is 0.243 e. The molecule has 2 unspecified atom stereocenters. The molecule has 9 nitrogen and oxygen atoms in total. The number of amides is 5. The van der Waals surface area contributed by atoms with Gasteiger partial charge in [-0.25, -0.2) is 0 Å². The first-order valence-corrected chi connectivity index (χ1v) is 12.5. The lowest BCUT2D eigenvalue weighted by atomic mass is 10.0. The molecule has 35 heavy (non-hydrogen) atoms. The molecule has 3 N–H and O–H groups in total. The van der Waals surface area contributed by atoms with Crippen LogP contribution in [0.25, 0.3) is 0 Å². The third kappa shape index (κ3) is 9.01. The van der Waals surface area contributed by atoms with Gasteiger partial charge in [0, 0.05) is 32.9 Å². The zero-order chi connectivity index (χ0) is 26.0. The molecule has 0 radical (unpaired) electrons. The van der Waals surface area contributed by atoms with Crippen molar-refractivity contribution in [3.05, 3.63) is 35.9 Å². The number of nitrogens with one attached hydrogen (secondary N) is 3. The number of carbonyl (C=O) groups excluding carboxylic acids is 5. The van der Waals surface area contributed by atoms with Gasteiger partial charge in [0.15, 0.2) is 0 Å². The van der Waals surface area contributed by atoms with Gasteiger partial charge < -0.3 is 16.0 Å².